The molecule has 0 aliphatic carbocycles. The highest BCUT2D eigenvalue weighted by atomic mass is 32.2. The zero-order valence-electron chi connectivity index (χ0n) is 16.5. The summed E-state index contributed by atoms with van der Waals surface area (Å²) in [5.41, 5.74) is 3.40. The van der Waals surface area contributed by atoms with Gasteiger partial charge in [0.05, 0.1) is 6.26 Å². The Balaban J connectivity index is 1.39. The van der Waals surface area contributed by atoms with Gasteiger partial charge in [-0.2, -0.15) is 9.61 Å². The Hall–Kier alpha value is -2.62. The molecule has 0 radical (unpaired) electrons. The van der Waals surface area contributed by atoms with E-state index in [4.69, 9.17) is 5.10 Å². The van der Waals surface area contributed by atoms with E-state index in [9.17, 15) is 8.42 Å². The SMILES string of the molecule is CS(=O)(=O)N1CCC(c2nnc3sc(-c4ccc(-c5ccccc5)cc4)nn23)CC1. The first kappa shape index (κ1) is 19.3. The third-order valence-corrected chi connectivity index (χ3v) is 7.79. The van der Waals surface area contributed by atoms with Crippen LogP contribution in [0.5, 0.6) is 0 Å². The van der Waals surface area contributed by atoms with Crippen LogP contribution in [0.1, 0.15) is 24.6 Å². The molecule has 1 aliphatic heterocycles. The number of nitrogens with zero attached hydrogens (tertiary/aromatic N) is 5. The van der Waals surface area contributed by atoms with Crippen LogP contribution in [0, 0.1) is 0 Å². The van der Waals surface area contributed by atoms with Gasteiger partial charge in [-0.1, -0.05) is 65.9 Å². The van der Waals surface area contributed by atoms with Gasteiger partial charge in [0.25, 0.3) is 0 Å². The average molecular weight is 440 g/mol. The van der Waals surface area contributed by atoms with Crippen LogP contribution in [0.3, 0.4) is 0 Å². The van der Waals surface area contributed by atoms with Crippen molar-refractivity contribution in [1.29, 1.82) is 0 Å². The second-order valence-corrected chi connectivity index (χ2v) is 10.5. The van der Waals surface area contributed by atoms with Gasteiger partial charge in [-0.3, -0.25) is 0 Å². The van der Waals surface area contributed by atoms with Crippen molar-refractivity contribution in [2.75, 3.05) is 19.3 Å². The maximum atomic E-state index is 11.7. The van der Waals surface area contributed by atoms with E-state index in [1.165, 1.54) is 33.0 Å². The molecule has 0 atom stereocenters. The minimum Gasteiger partial charge on any atom is -0.213 e. The molecule has 5 rings (SSSR count). The summed E-state index contributed by atoms with van der Waals surface area (Å²) in [6.45, 7) is 1.02. The number of rotatable bonds is 4. The number of benzene rings is 2. The lowest BCUT2D eigenvalue weighted by Gasteiger charge is -2.28. The molecule has 4 aromatic rings. The van der Waals surface area contributed by atoms with Crippen LogP contribution in [0.25, 0.3) is 26.7 Å². The lowest BCUT2D eigenvalue weighted by atomic mass is 9.97. The van der Waals surface area contributed by atoms with Gasteiger partial charge in [0.15, 0.2) is 5.82 Å². The Morgan fingerprint density at radius 1 is 0.900 bits per heavy atom. The van der Waals surface area contributed by atoms with Gasteiger partial charge in [0.1, 0.15) is 5.01 Å². The molecule has 0 saturated carbocycles. The largest absolute Gasteiger partial charge is 0.234 e. The first-order valence-corrected chi connectivity index (χ1v) is 12.5. The highest BCUT2D eigenvalue weighted by Gasteiger charge is 2.29. The lowest BCUT2D eigenvalue weighted by Crippen LogP contribution is -2.37. The predicted octanol–water partition coefficient (Wildman–Crippen LogP) is 3.66. The molecule has 9 heteroatoms. The molecule has 2 aromatic heterocycles. The molecular formula is C21H21N5O2S2. The molecule has 3 heterocycles. The topological polar surface area (TPSA) is 80.5 Å². The number of sulfonamides is 1. The zero-order chi connectivity index (χ0) is 20.7. The molecule has 30 heavy (non-hydrogen) atoms. The number of hydrogen-bond donors (Lipinski definition) is 0. The Morgan fingerprint density at radius 2 is 1.53 bits per heavy atom. The van der Waals surface area contributed by atoms with E-state index in [2.05, 4.69) is 46.6 Å². The van der Waals surface area contributed by atoms with Crippen molar-refractivity contribution in [3.63, 3.8) is 0 Å². The second-order valence-electron chi connectivity index (χ2n) is 7.54. The van der Waals surface area contributed by atoms with Crippen LogP contribution in [-0.4, -0.2) is 51.9 Å². The van der Waals surface area contributed by atoms with E-state index in [0.717, 1.165) is 34.2 Å². The standard InChI is InChI=1S/C21H21N5O2S2/c1-30(27,28)25-13-11-17(12-14-25)19-22-23-21-26(19)24-20(29-21)18-9-7-16(8-10-18)15-5-3-2-4-6-15/h2-10,17H,11-14H2,1H3. The summed E-state index contributed by atoms with van der Waals surface area (Å²) in [5.74, 6) is 0.981. The van der Waals surface area contributed by atoms with Crippen molar-refractivity contribution >= 4 is 26.3 Å². The summed E-state index contributed by atoms with van der Waals surface area (Å²) in [5, 5.41) is 14.3. The first-order valence-electron chi connectivity index (χ1n) is 9.82. The summed E-state index contributed by atoms with van der Waals surface area (Å²) in [4.78, 5) is 0.762. The van der Waals surface area contributed by atoms with E-state index in [0.29, 0.717) is 13.1 Å². The third-order valence-electron chi connectivity index (χ3n) is 5.54. The van der Waals surface area contributed by atoms with Crippen molar-refractivity contribution in [1.82, 2.24) is 24.1 Å². The normalized spacial score (nSPS) is 16.3. The van der Waals surface area contributed by atoms with Crippen molar-refractivity contribution in [2.24, 2.45) is 0 Å². The molecule has 0 spiro atoms. The van der Waals surface area contributed by atoms with Gasteiger partial charge >= 0.3 is 0 Å². The molecule has 1 fully saturated rings. The predicted molar refractivity (Wildman–Crippen MR) is 118 cm³/mol. The van der Waals surface area contributed by atoms with Crippen LogP contribution in [-0.2, 0) is 10.0 Å². The van der Waals surface area contributed by atoms with E-state index in [1.807, 2.05) is 22.7 Å². The van der Waals surface area contributed by atoms with Crippen LogP contribution in [0.4, 0.5) is 0 Å². The zero-order valence-corrected chi connectivity index (χ0v) is 18.1. The smallest absolute Gasteiger partial charge is 0.213 e. The van der Waals surface area contributed by atoms with E-state index in [-0.39, 0.29) is 5.92 Å². The molecule has 7 nitrogen and oxygen atoms in total. The second kappa shape index (κ2) is 7.57. The van der Waals surface area contributed by atoms with E-state index >= 15 is 0 Å². The number of hydrogen-bond acceptors (Lipinski definition) is 6. The minimum absolute atomic E-state index is 0.161. The number of fused-ring (bicyclic) bond motifs is 1. The fraction of sp³-hybridized carbons (Fsp3) is 0.286. The van der Waals surface area contributed by atoms with Gasteiger partial charge in [-0.15, -0.1) is 10.2 Å². The summed E-state index contributed by atoms with van der Waals surface area (Å²) < 4.78 is 26.9. The summed E-state index contributed by atoms with van der Waals surface area (Å²) in [7, 11) is -3.14. The fourth-order valence-corrected chi connectivity index (χ4v) is 5.61. The summed E-state index contributed by atoms with van der Waals surface area (Å²) in [6.07, 6.45) is 2.72. The Kier molecular flexibility index (Phi) is 4.88. The highest BCUT2D eigenvalue weighted by molar-refractivity contribution is 7.88. The first-order chi connectivity index (χ1) is 14.5. The molecule has 0 bridgehead atoms. The molecular weight excluding hydrogens is 418 g/mol. The van der Waals surface area contributed by atoms with Crippen LogP contribution < -0.4 is 0 Å². The minimum atomic E-state index is -3.14. The van der Waals surface area contributed by atoms with Crippen LogP contribution in [0.15, 0.2) is 54.6 Å². The molecule has 0 N–H and O–H groups in total. The molecule has 1 saturated heterocycles. The Bertz CT molecular complexity index is 1270. The van der Waals surface area contributed by atoms with Crippen molar-refractivity contribution < 1.29 is 8.42 Å². The summed E-state index contributed by atoms with van der Waals surface area (Å²) in [6, 6.07) is 18.7. The van der Waals surface area contributed by atoms with Gasteiger partial charge < -0.3 is 0 Å². The Labute approximate surface area is 179 Å². The lowest BCUT2D eigenvalue weighted by molar-refractivity contribution is 0.313. The quantitative estimate of drug-likeness (QED) is 0.485. The highest BCUT2D eigenvalue weighted by Crippen LogP contribution is 2.32. The van der Waals surface area contributed by atoms with Crippen LogP contribution >= 0.6 is 11.3 Å². The Morgan fingerprint density at radius 3 is 2.20 bits per heavy atom. The monoisotopic (exact) mass is 439 g/mol. The van der Waals surface area contributed by atoms with Crippen LogP contribution in [0.2, 0.25) is 0 Å². The number of piperidine rings is 1. The molecule has 1 aliphatic rings. The molecule has 0 unspecified atom stereocenters. The average Bonchev–Trinajstić information content (AvgIpc) is 3.35. The fourth-order valence-electron chi connectivity index (χ4n) is 3.88. The molecule has 2 aromatic carbocycles. The van der Waals surface area contributed by atoms with Gasteiger partial charge in [-0.05, 0) is 24.0 Å². The van der Waals surface area contributed by atoms with Gasteiger partial charge in [0.2, 0.25) is 15.0 Å². The maximum absolute atomic E-state index is 11.7. The van der Waals surface area contributed by atoms with Crippen molar-refractivity contribution in [3.8, 4) is 21.7 Å². The number of aromatic nitrogens is 4. The van der Waals surface area contributed by atoms with Crippen molar-refractivity contribution in [2.45, 2.75) is 18.8 Å². The molecule has 154 valence electrons. The third kappa shape index (κ3) is 3.64. The van der Waals surface area contributed by atoms with E-state index < -0.39 is 10.0 Å². The maximum Gasteiger partial charge on any atom is 0.234 e. The van der Waals surface area contributed by atoms with Gasteiger partial charge in [0, 0.05) is 24.6 Å². The molecule has 0 amide bonds. The summed E-state index contributed by atoms with van der Waals surface area (Å²) >= 11 is 1.51. The van der Waals surface area contributed by atoms with E-state index in [1.54, 1.807) is 0 Å². The van der Waals surface area contributed by atoms with Gasteiger partial charge in [-0.25, -0.2) is 12.7 Å². The van der Waals surface area contributed by atoms with Crippen molar-refractivity contribution in [3.05, 3.63) is 60.4 Å².